The fourth-order valence-electron chi connectivity index (χ4n) is 1.86. The van der Waals surface area contributed by atoms with Gasteiger partial charge in [0.15, 0.2) is 0 Å². The Morgan fingerprint density at radius 1 is 1.30 bits per heavy atom. The quantitative estimate of drug-likeness (QED) is 0.908. The summed E-state index contributed by atoms with van der Waals surface area (Å²) in [6.07, 6.45) is 3.55. The Morgan fingerprint density at radius 2 is 2.10 bits per heavy atom. The highest BCUT2D eigenvalue weighted by Crippen LogP contribution is 2.15. The number of hydrogen-bond donors (Lipinski definition) is 1. The first-order valence-electron chi connectivity index (χ1n) is 6.87. The number of nitrogens with zero attached hydrogens (tertiary/aromatic N) is 2. The molecule has 0 bridgehead atoms. The van der Waals surface area contributed by atoms with Gasteiger partial charge in [-0.1, -0.05) is 0 Å². The van der Waals surface area contributed by atoms with Crippen molar-refractivity contribution < 1.29 is 4.42 Å². The minimum atomic E-state index is 0.115. The van der Waals surface area contributed by atoms with Crippen LogP contribution in [0.4, 0.5) is 5.82 Å². The molecule has 0 fully saturated rings. The zero-order valence-electron chi connectivity index (χ0n) is 12.7. The number of aromatic nitrogens is 1. The third-order valence-electron chi connectivity index (χ3n) is 3.00. The van der Waals surface area contributed by atoms with E-state index >= 15 is 0 Å². The monoisotopic (exact) mass is 273 g/mol. The second-order valence-corrected chi connectivity index (χ2v) is 6.06. The fourth-order valence-corrected chi connectivity index (χ4v) is 1.86. The molecule has 2 rings (SSSR count). The van der Waals surface area contributed by atoms with E-state index in [1.807, 2.05) is 31.4 Å². The van der Waals surface area contributed by atoms with Crippen LogP contribution in [0.5, 0.6) is 0 Å². The molecule has 2 aromatic rings. The lowest BCUT2D eigenvalue weighted by atomic mass is 10.1. The highest BCUT2D eigenvalue weighted by Gasteiger charge is 2.10. The average molecular weight is 273 g/mol. The average Bonchev–Trinajstić information content (AvgIpc) is 2.89. The van der Waals surface area contributed by atoms with E-state index in [9.17, 15) is 0 Å². The highest BCUT2D eigenvalue weighted by atomic mass is 16.3. The number of hydrogen-bond acceptors (Lipinski definition) is 4. The molecule has 4 heteroatoms. The molecule has 0 aliphatic heterocycles. The van der Waals surface area contributed by atoms with E-state index in [1.54, 1.807) is 6.26 Å². The van der Waals surface area contributed by atoms with Crippen molar-refractivity contribution in [2.24, 2.45) is 0 Å². The predicted octanol–water partition coefficient (Wildman–Crippen LogP) is 3.20. The van der Waals surface area contributed by atoms with Gasteiger partial charge in [0.05, 0.1) is 12.8 Å². The van der Waals surface area contributed by atoms with Crippen molar-refractivity contribution in [1.29, 1.82) is 0 Å². The van der Waals surface area contributed by atoms with Crippen LogP contribution in [0, 0.1) is 0 Å². The van der Waals surface area contributed by atoms with Gasteiger partial charge in [0.2, 0.25) is 0 Å². The van der Waals surface area contributed by atoms with E-state index in [1.165, 1.54) is 5.56 Å². The van der Waals surface area contributed by atoms with Gasteiger partial charge in [-0.05, 0) is 50.6 Å². The molecular formula is C16H23N3O. The van der Waals surface area contributed by atoms with Crippen molar-refractivity contribution in [2.75, 3.05) is 11.9 Å². The molecule has 108 valence electrons. The third-order valence-corrected chi connectivity index (χ3v) is 3.00. The summed E-state index contributed by atoms with van der Waals surface area (Å²) in [5.41, 5.74) is 1.35. The van der Waals surface area contributed by atoms with Crippen LogP contribution in [0.2, 0.25) is 0 Å². The van der Waals surface area contributed by atoms with Gasteiger partial charge < -0.3 is 14.6 Å². The molecule has 0 unspecified atom stereocenters. The van der Waals surface area contributed by atoms with Crippen LogP contribution < -0.4 is 10.2 Å². The summed E-state index contributed by atoms with van der Waals surface area (Å²) >= 11 is 0. The summed E-state index contributed by atoms with van der Waals surface area (Å²) in [6.45, 7) is 8.05. The zero-order valence-corrected chi connectivity index (χ0v) is 12.7. The number of nitrogens with one attached hydrogen (secondary N) is 1. The van der Waals surface area contributed by atoms with Gasteiger partial charge in [-0.3, -0.25) is 0 Å². The van der Waals surface area contributed by atoms with Crippen LogP contribution in [0.1, 0.15) is 32.1 Å². The maximum absolute atomic E-state index is 5.37. The number of rotatable bonds is 5. The van der Waals surface area contributed by atoms with Crippen LogP contribution in [-0.2, 0) is 13.1 Å². The number of anilines is 1. The minimum Gasteiger partial charge on any atom is -0.467 e. The SMILES string of the molecule is CN(Cc1ccco1)c1cc(CNC(C)(C)C)ccn1. The van der Waals surface area contributed by atoms with E-state index in [4.69, 9.17) is 4.42 Å². The van der Waals surface area contributed by atoms with Crippen LogP contribution in [0.3, 0.4) is 0 Å². The molecule has 0 saturated heterocycles. The molecule has 0 atom stereocenters. The topological polar surface area (TPSA) is 41.3 Å². The summed E-state index contributed by atoms with van der Waals surface area (Å²) in [5.74, 6) is 1.89. The Bertz CT molecular complexity index is 529. The minimum absolute atomic E-state index is 0.115. The Morgan fingerprint density at radius 3 is 2.75 bits per heavy atom. The first-order chi connectivity index (χ1) is 9.44. The van der Waals surface area contributed by atoms with E-state index in [2.05, 4.69) is 42.0 Å². The molecule has 4 nitrogen and oxygen atoms in total. The smallest absolute Gasteiger partial charge is 0.128 e. The molecular weight excluding hydrogens is 250 g/mol. The van der Waals surface area contributed by atoms with E-state index in [-0.39, 0.29) is 5.54 Å². The third kappa shape index (κ3) is 4.38. The van der Waals surface area contributed by atoms with E-state index in [0.29, 0.717) is 0 Å². The van der Waals surface area contributed by atoms with E-state index in [0.717, 1.165) is 24.7 Å². The molecule has 0 aliphatic rings. The van der Waals surface area contributed by atoms with Crippen LogP contribution in [0.25, 0.3) is 0 Å². The van der Waals surface area contributed by atoms with Gasteiger partial charge in [0.1, 0.15) is 11.6 Å². The molecule has 2 heterocycles. The van der Waals surface area contributed by atoms with Crippen molar-refractivity contribution in [1.82, 2.24) is 10.3 Å². The van der Waals surface area contributed by atoms with Crippen LogP contribution in [0.15, 0.2) is 41.1 Å². The Balaban J connectivity index is 2.01. The lowest BCUT2D eigenvalue weighted by molar-refractivity contribution is 0.424. The fraction of sp³-hybridized carbons (Fsp3) is 0.438. The van der Waals surface area contributed by atoms with Gasteiger partial charge in [0, 0.05) is 25.3 Å². The van der Waals surface area contributed by atoms with Gasteiger partial charge in [-0.15, -0.1) is 0 Å². The predicted molar refractivity (Wildman–Crippen MR) is 81.6 cm³/mol. The van der Waals surface area contributed by atoms with Gasteiger partial charge in [0.25, 0.3) is 0 Å². The number of pyridine rings is 1. The second-order valence-electron chi connectivity index (χ2n) is 6.06. The summed E-state index contributed by atoms with van der Waals surface area (Å²) in [4.78, 5) is 6.50. The largest absolute Gasteiger partial charge is 0.467 e. The van der Waals surface area contributed by atoms with Crippen LogP contribution >= 0.6 is 0 Å². The summed E-state index contributed by atoms with van der Waals surface area (Å²) in [7, 11) is 2.02. The molecule has 0 aromatic carbocycles. The second kappa shape index (κ2) is 6.09. The van der Waals surface area contributed by atoms with Crippen molar-refractivity contribution in [3.05, 3.63) is 48.0 Å². The lowest BCUT2D eigenvalue weighted by Crippen LogP contribution is -2.35. The van der Waals surface area contributed by atoms with Crippen LogP contribution in [-0.4, -0.2) is 17.6 Å². The zero-order chi connectivity index (χ0) is 14.6. The molecule has 0 spiro atoms. The summed E-state index contributed by atoms with van der Waals surface area (Å²) in [5, 5.41) is 3.49. The van der Waals surface area contributed by atoms with Crippen molar-refractivity contribution in [3.8, 4) is 0 Å². The number of furan rings is 1. The first-order valence-corrected chi connectivity index (χ1v) is 6.87. The van der Waals surface area contributed by atoms with Gasteiger partial charge in [-0.2, -0.15) is 0 Å². The van der Waals surface area contributed by atoms with E-state index < -0.39 is 0 Å². The molecule has 2 aromatic heterocycles. The Labute approximate surface area is 120 Å². The molecule has 0 aliphatic carbocycles. The van der Waals surface area contributed by atoms with Crippen molar-refractivity contribution in [3.63, 3.8) is 0 Å². The molecule has 1 N–H and O–H groups in total. The lowest BCUT2D eigenvalue weighted by Gasteiger charge is -2.21. The normalized spacial score (nSPS) is 11.6. The maximum atomic E-state index is 5.37. The highest BCUT2D eigenvalue weighted by molar-refractivity contribution is 5.40. The summed E-state index contributed by atoms with van der Waals surface area (Å²) in [6, 6.07) is 8.03. The van der Waals surface area contributed by atoms with Crippen molar-refractivity contribution >= 4 is 5.82 Å². The molecule has 0 saturated carbocycles. The van der Waals surface area contributed by atoms with Crippen molar-refractivity contribution in [2.45, 2.75) is 39.4 Å². The molecule has 20 heavy (non-hydrogen) atoms. The maximum Gasteiger partial charge on any atom is 0.128 e. The molecule has 0 radical (unpaired) electrons. The first kappa shape index (κ1) is 14.6. The Kier molecular flexibility index (Phi) is 4.45. The van der Waals surface area contributed by atoms with Gasteiger partial charge >= 0.3 is 0 Å². The standard InChI is InChI=1S/C16H23N3O/c1-16(2,3)18-11-13-7-8-17-15(10-13)19(4)12-14-6-5-9-20-14/h5-10,18H,11-12H2,1-4H3. The Hall–Kier alpha value is -1.81. The molecule has 0 amide bonds. The van der Waals surface area contributed by atoms with Gasteiger partial charge in [-0.25, -0.2) is 4.98 Å². The summed E-state index contributed by atoms with van der Waals surface area (Å²) < 4.78 is 5.37.